The van der Waals surface area contributed by atoms with Crippen LogP contribution in [0.5, 0.6) is 5.75 Å². The lowest BCUT2D eigenvalue weighted by Crippen LogP contribution is -2.18. The molecule has 122 valence electrons. The summed E-state index contributed by atoms with van der Waals surface area (Å²) >= 11 is 1.03. The Kier molecular flexibility index (Phi) is 5.33. The number of carboxylic acids is 1. The van der Waals surface area contributed by atoms with E-state index in [9.17, 15) is 9.59 Å². The third-order valence-electron chi connectivity index (χ3n) is 3.20. The Morgan fingerprint density at radius 1 is 1.35 bits per heavy atom. The van der Waals surface area contributed by atoms with E-state index in [4.69, 9.17) is 9.84 Å². The van der Waals surface area contributed by atoms with Crippen LogP contribution in [0.2, 0.25) is 0 Å². The van der Waals surface area contributed by atoms with Gasteiger partial charge in [-0.3, -0.25) is 4.79 Å². The van der Waals surface area contributed by atoms with Gasteiger partial charge in [0.2, 0.25) is 5.91 Å². The van der Waals surface area contributed by atoms with Crippen molar-refractivity contribution in [3.8, 4) is 5.75 Å². The molecule has 1 heterocycles. The molecule has 1 aromatic carbocycles. The maximum absolute atomic E-state index is 12.3. The molecule has 2 N–H and O–H groups in total. The number of rotatable bonds is 6. The van der Waals surface area contributed by atoms with E-state index in [1.54, 1.807) is 38.1 Å². The first-order valence-electron chi connectivity index (χ1n) is 7.16. The normalized spacial score (nSPS) is 11.8. The molecule has 0 spiro atoms. The van der Waals surface area contributed by atoms with Gasteiger partial charge in [0.05, 0.1) is 18.2 Å². The Labute approximate surface area is 138 Å². The van der Waals surface area contributed by atoms with Crippen molar-refractivity contribution in [3.63, 3.8) is 0 Å². The van der Waals surface area contributed by atoms with Crippen molar-refractivity contribution in [1.82, 2.24) is 4.98 Å². The number of nitrogens with zero attached hydrogens (tertiary/aromatic N) is 1. The molecule has 1 atom stereocenters. The van der Waals surface area contributed by atoms with Crippen LogP contribution < -0.4 is 10.1 Å². The van der Waals surface area contributed by atoms with Gasteiger partial charge in [0.1, 0.15) is 15.6 Å². The highest BCUT2D eigenvalue weighted by Crippen LogP contribution is 2.26. The summed E-state index contributed by atoms with van der Waals surface area (Å²) < 4.78 is 5.34. The lowest BCUT2D eigenvalue weighted by molar-refractivity contribution is -0.117. The fraction of sp³-hybridized carbons (Fsp3) is 0.312. The van der Waals surface area contributed by atoms with Crippen LogP contribution in [0.25, 0.3) is 0 Å². The predicted molar refractivity (Wildman–Crippen MR) is 88.5 cm³/mol. The number of benzene rings is 1. The van der Waals surface area contributed by atoms with Crippen molar-refractivity contribution in [2.24, 2.45) is 0 Å². The zero-order valence-corrected chi connectivity index (χ0v) is 13.9. The number of anilines is 1. The highest BCUT2D eigenvalue weighted by Gasteiger charge is 2.22. The minimum absolute atomic E-state index is 0.167. The fourth-order valence-corrected chi connectivity index (χ4v) is 2.92. The van der Waals surface area contributed by atoms with Gasteiger partial charge in [-0.05, 0) is 45.0 Å². The molecule has 1 amide bonds. The molecule has 0 fully saturated rings. The first kappa shape index (κ1) is 17.0. The second-order valence-corrected chi connectivity index (χ2v) is 5.97. The monoisotopic (exact) mass is 334 g/mol. The molecule has 6 nitrogen and oxygen atoms in total. The van der Waals surface area contributed by atoms with Crippen molar-refractivity contribution >= 4 is 28.9 Å². The minimum Gasteiger partial charge on any atom is -0.494 e. The molecule has 2 aromatic rings. The van der Waals surface area contributed by atoms with E-state index < -0.39 is 11.9 Å². The smallest absolute Gasteiger partial charge is 0.347 e. The highest BCUT2D eigenvalue weighted by molar-refractivity contribution is 7.13. The van der Waals surface area contributed by atoms with Gasteiger partial charge < -0.3 is 15.2 Å². The maximum Gasteiger partial charge on any atom is 0.347 e. The number of ether oxygens (including phenoxy) is 1. The number of carbonyl (C=O) groups is 2. The largest absolute Gasteiger partial charge is 0.494 e. The number of hydrogen-bond donors (Lipinski definition) is 2. The Hall–Kier alpha value is -2.41. The van der Waals surface area contributed by atoms with Gasteiger partial charge >= 0.3 is 5.97 Å². The Bertz CT molecular complexity index is 709. The van der Waals surface area contributed by atoms with Gasteiger partial charge in [0, 0.05) is 5.69 Å². The summed E-state index contributed by atoms with van der Waals surface area (Å²) in [5.41, 5.74) is 1.08. The third kappa shape index (κ3) is 4.07. The molecule has 7 heteroatoms. The van der Waals surface area contributed by atoms with Crippen molar-refractivity contribution in [3.05, 3.63) is 39.8 Å². The first-order valence-corrected chi connectivity index (χ1v) is 7.98. The lowest BCUT2D eigenvalue weighted by Gasteiger charge is -2.10. The molecule has 0 aliphatic carbocycles. The van der Waals surface area contributed by atoms with E-state index in [-0.39, 0.29) is 10.8 Å². The molecule has 2 rings (SSSR count). The van der Waals surface area contributed by atoms with E-state index in [0.717, 1.165) is 17.1 Å². The molecular weight excluding hydrogens is 316 g/mol. The number of aryl methyl sites for hydroxylation is 1. The zero-order valence-electron chi connectivity index (χ0n) is 13.1. The summed E-state index contributed by atoms with van der Waals surface area (Å²) in [6.45, 7) is 5.81. The number of carboxylic acid groups (broad SMARTS) is 1. The van der Waals surface area contributed by atoms with Crippen LogP contribution in [-0.2, 0) is 4.79 Å². The van der Waals surface area contributed by atoms with E-state index in [1.165, 1.54) is 0 Å². The summed E-state index contributed by atoms with van der Waals surface area (Å²) in [7, 11) is 0. The average molecular weight is 334 g/mol. The van der Waals surface area contributed by atoms with Crippen molar-refractivity contribution < 1.29 is 19.4 Å². The zero-order chi connectivity index (χ0) is 17.0. The molecule has 0 unspecified atom stereocenters. The van der Waals surface area contributed by atoms with Crippen LogP contribution in [0.4, 0.5) is 5.69 Å². The summed E-state index contributed by atoms with van der Waals surface area (Å²) in [6.07, 6.45) is 0. The molecule has 0 bridgehead atoms. The Morgan fingerprint density at radius 3 is 2.52 bits per heavy atom. The van der Waals surface area contributed by atoms with Crippen molar-refractivity contribution in [2.45, 2.75) is 26.7 Å². The molecule has 0 saturated heterocycles. The number of aromatic carboxylic acids is 1. The molecule has 1 aromatic heterocycles. The Balaban J connectivity index is 2.07. The average Bonchev–Trinajstić information content (AvgIpc) is 2.91. The number of thiazole rings is 1. The van der Waals surface area contributed by atoms with E-state index >= 15 is 0 Å². The second-order valence-electron chi connectivity index (χ2n) is 4.94. The number of carbonyl (C=O) groups excluding carboxylic acids is 1. The summed E-state index contributed by atoms with van der Waals surface area (Å²) in [5, 5.41) is 12.3. The van der Waals surface area contributed by atoms with Gasteiger partial charge in [-0.2, -0.15) is 0 Å². The van der Waals surface area contributed by atoms with Gasteiger partial charge in [0.25, 0.3) is 0 Å². The molecular formula is C16H18N2O4S. The summed E-state index contributed by atoms with van der Waals surface area (Å²) in [4.78, 5) is 27.7. The lowest BCUT2D eigenvalue weighted by atomic mass is 10.1. The van der Waals surface area contributed by atoms with Crippen molar-refractivity contribution in [2.75, 3.05) is 11.9 Å². The number of nitrogens with one attached hydrogen (secondary N) is 1. The topological polar surface area (TPSA) is 88.5 Å². The number of hydrogen-bond acceptors (Lipinski definition) is 5. The van der Waals surface area contributed by atoms with Gasteiger partial charge in [-0.15, -0.1) is 11.3 Å². The van der Waals surface area contributed by atoms with Crippen LogP contribution in [0.1, 0.15) is 40.1 Å². The maximum atomic E-state index is 12.3. The van der Waals surface area contributed by atoms with E-state index in [1.807, 2.05) is 6.92 Å². The Morgan fingerprint density at radius 2 is 2.00 bits per heavy atom. The van der Waals surface area contributed by atoms with Gasteiger partial charge in [-0.25, -0.2) is 9.78 Å². The van der Waals surface area contributed by atoms with Crippen molar-refractivity contribution in [1.29, 1.82) is 0 Å². The van der Waals surface area contributed by atoms with Crippen LogP contribution in [0.3, 0.4) is 0 Å². The van der Waals surface area contributed by atoms with Crippen LogP contribution in [0.15, 0.2) is 24.3 Å². The highest BCUT2D eigenvalue weighted by atomic mass is 32.1. The third-order valence-corrected chi connectivity index (χ3v) is 4.53. The van der Waals surface area contributed by atoms with Crippen LogP contribution in [-0.4, -0.2) is 28.6 Å². The van der Waals surface area contributed by atoms with Crippen LogP contribution in [0, 0.1) is 6.92 Å². The molecule has 0 aliphatic heterocycles. The molecule has 0 saturated carbocycles. The fourth-order valence-electron chi connectivity index (χ4n) is 1.96. The number of amides is 1. The van der Waals surface area contributed by atoms with Gasteiger partial charge in [-0.1, -0.05) is 0 Å². The molecule has 0 radical (unpaired) electrons. The predicted octanol–water partition coefficient (Wildman–Crippen LogP) is 3.29. The standard InChI is InChI=1S/C16H18N2O4S/c1-4-22-12-7-5-11(6-8-12)18-14(19)9(2)15-17-10(3)13(23-15)16(20)21/h5-9H,4H2,1-3H3,(H,18,19)(H,20,21)/t9-/m0/s1. The van der Waals surface area contributed by atoms with E-state index in [2.05, 4.69) is 10.3 Å². The van der Waals surface area contributed by atoms with Crippen LogP contribution >= 0.6 is 11.3 Å². The summed E-state index contributed by atoms with van der Waals surface area (Å²) in [6, 6.07) is 7.07. The van der Waals surface area contributed by atoms with E-state index in [0.29, 0.717) is 23.0 Å². The second kappa shape index (κ2) is 7.23. The quantitative estimate of drug-likeness (QED) is 0.846. The first-order chi connectivity index (χ1) is 10.9. The molecule has 0 aliphatic rings. The molecule has 23 heavy (non-hydrogen) atoms. The van der Waals surface area contributed by atoms with Gasteiger partial charge in [0.15, 0.2) is 0 Å². The number of aromatic nitrogens is 1. The summed E-state index contributed by atoms with van der Waals surface area (Å²) in [5.74, 6) is -1.05. The SMILES string of the molecule is CCOc1ccc(NC(=O)[C@H](C)c2nc(C)c(C(=O)O)s2)cc1. The minimum atomic E-state index is -1.02.